The number of anilines is 2. The van der Waals surface area contributed by atoms with E-state index in [9.17, 15) is 4.79 Å². The van der Waals surface area contributed by atoms with Gasteiger partial charge in [-0.2, -0.15) is 5.10 Å². The Hall–Kier alpha value is -2.02. The van der Waals surface area contributed by atoms with E-state index in [0.29, 0.717) is 10.6 Å². The molecule has 0 aromatic carbocycles. The molecule has 0 saturated heterocycles. The summed E-state index contributed by atoms with van der Waals surface area (Å²) in [6.45, 7) is 5.49. The Kier molecular flexibility index (Phi) is 3.24. The third-order valence-corrected chi connectivity index (χ3v) is 3.56. The lowest BCUT2D eigenvalue weighted by molar-refractivity contribution is 0.102. The molecule has 0 unspecified atom stereocenters. The molecule has 0 radical (unpaired) electrons. The molecule has 2 heterocycles. The van der Waals surface area contributed by atoms with Gasteiger partial charge >= 0.3 is 0 Å². The van der Waals surface area contributed by atoms with Crippen molar-refractivity contribution in [2.75, 3.05) is 11.1 Å². The summed E-state index contributed by atoms with van der Waals surface area (Å²) in [5.41, 5.74) is 7.80. The second kappa shape index (κ2) is 4.69. The molecule has 0 aliphatic heterocycles. The van der Waals surface area contributed by atoms with E-state index in [2.05, 4.69) is 20.5 Å². The number of aryl methyl sites for hydroxylation is 3. The molecular weight excluding hydrogens is 250 g/mol. The number of nitrogens with zero attached hydrogens (tertiary/aromatic N) is 3. The van der Waals surface area contributed by atoms with Gasteiger partial charge in [-0.05, 0) is 26.8 Å². The Morgan fingerprint density at radius 2 is 2.00 bits per heavy atom. The summed E-state index contributed by atoms with van der Waals surface area (Å²) in [6, 6.07) is 1.64. The lowest BCUT2D eigenvalue weighted by Crippen LogP contribution is -2.14. The Morgan fingerprint density at radius 3 is 2.56 bits per heavy atom. The van der Waals surface area contributed by atoms with E-state index in [1.165, 1.54) is 11.3 Å². The molecule has 2 rings (SSSR count). The van der Waals surface area contributed by atoms with Gasteiger partial charge < -0.3 is 5.73 Å². The minimum absolute atomic E-state index is 0.202. The highest BCUT2D eigenvalue weighted by atomic mass is 32.1. The van der Waals surface area contributed by atoms with Crippen molar-refractivity contribution in [1.29, 1.82) is 0 Å². The maximum Gasteiger partial charge on any atom is 0.268 e. The molecule has 0 bridgehead atoms. The molecule has 6 nitrogen and oxygen atoms in total. The predicted octanol–water partition coefficient (Wildman–Crippen LogP) is 1.69. The first-order valence-electron chi connectivity index (χ1n) is 5.32. The maximum atomic E-state index is 11.9. The molecule has 0 saturated carbocycles. The van der Waals surface area contributed by atoms with Crippen LogP contribution in [0.1, 0.15) is 25.9 Å². The van der Waals surface area contributed by atoms with E-state index in [1.54, 1.807) is 6.07 Å². The minimum atomic E-state index is -0.273. The summed E-state index contributed by atoms with van der Waals surface area (Å²) in [7, 11) is 0. The number of nitrogen functional groups attached to an aromatic ring is 1. The number of hydrogen-bond donors (Lipinski definition) is 2. The molecule has 7 heteroatoms. The second-order valence-corrected chi connectivity index (χ2v) is 5.14. The normalized spacial score (nSPS) is 10.4. The van der Waals surface area contributed by atoms with E-state index in [4.69, 9.17) is 5.73 Å². The zero-order chi connectivity index (χ0) is 13.3. The Bertz CT molecular complexity index is 588. The lowest BCUT2D eigenvalue weighted by Gasteiger charge is -2.02. The third-order valence-electron chi connectivity index (χ3n) is 2.50. The van der Waals surface area contributed by atoms with Crippen LogP contribution in [0, 0.1) is 20.8 Å². The number of thiophene rings is 1. The van der Waals surface area contributed by atoms with Gasteiger partial charge in [0, 0.05) is 10.6 Å². The highest BCUT2D eigenvalue weighted by Crippen LogP contribution is 2.23. The number of hydrogen-bond acceptors (Lipinski definition) is 6. The van der Waals surface area contributed by atoms with Gasteiger partial charge in [-0.1, -0.05) is 0 Å². The van der Waals surface area contributed by atoms with Crippen LogP contribution in [-0.2, 0) is 0 Å². The van der Waals surface area contributed by atoms with Crippen LogP contribution in [0.25, 0.3) is 0 Å². The summed E-state index contributed by atoms with van der Waals surface area (Å²) in [5, 5.41) is 10.3. The van der Waals surface area contributed by atoms with E-state index in [-0.39, 0.29) is 11.9 Å². The van der Waals surface area contributed by atoms with Crippen molar-refractivity contribution >= 4 is 28.9 Å². The van der Waals surface area contributed by atoms with Crippen molar-refractivity contribution in [3.63, 3.8) is 0 Å². The van der Waals surface area contributed by atoms with Crippen molar-refractivity contribution in [3.8, 4) is 0 Å². The average molecular weight is 263 g/mol. The highest BCUT2D eigenvalue weighted by Gasteiger charge is 2.13. The van der Waals surface area contributed by atoms with Gasteiger partial charge in [-0.15, -0.1) is 16.4 Å². The molecule has 0 spiro atoms. The summed E-state index contributed by atoms with van der Waals surface area (Å²) in [5.74, 6) is -0.0717. The van der Waals surface area contributed by atoms with Crippen molar-refractivity contribution in [1.82, 2.24) is 15.2 Å². The number of carbonyl (C=O) groups excluding carboxylic acids is 1. The molecule has 0 fully saturated rings. The standard InChI is InChI=1S/C11H13N5OS/c1-5-6(2)15-16-11(13-5)14-10(17)9-4-8(12)7(3)18-9/h4H,12H2,1-3H3,(H,13,14,16,17). The molecule has 0 aliphatic rings. The van der Waals surface area contributed by atoms with E-state index < -0.39 is 0 Å². The molecule has 3 N–H and O–H groups in total. The van der Waals surface area contributed by atoms with Crippen molar-refractivity contribution in [2.45, 2.75) is 20.8 Å². The fraction of sp³-hybridized carbons (Fsp3) is 0.273. The Balaban J connectivity index is 2.18. The summed E-state index contributed by atoms with van der Waals surface area (Å²) >= 11 is 1.34. The van der Waals surface area contributed by atoms with Gasteiger partial charge in [0.1, 0.15) is 0 Å². The molecule has 94 valence electrons. The smallest absolute Gasteiger partial charge is 0.268 e. The van der Waals surface area contributed by atoms with Gasteiger partial charge in [-0.3, -0.25) is 10.1 Å². The van der Waals surface area contributed by atoms with Crippen molar-refractivity contribution in [3.05, 3.63) is 27.2 Å². The molecule has 0 aliphatic carbocycles. The van der Waals surface area contributed by atoms with E-state index >= 15 is 0 Å². The topological polar surface area (TPSA) is 93.8 Å². The quantitative estimate of drug-likeness (QED) is 0.860. The lowest BCUT2D eigenvalue weighted by atomic mass is 10.3. The molecule has 1 amide bonds. The number of amides is 1. The van der Waals surface area contributed by atoms with Crippen LogP contribution in [0.5, 0.6) is 0 Å². The highest BCUT2D eigenvalue weighted by molar-refractivity contribution is 7.14. The first kappa shape index (κ1) is 12.4. The van der Waals surface area contributed by atoms with Gasteiger partial charge in [0.05, 0.1) is 16.3 Å². The summed E-state index contributed by atoms with van der Waals surface area (Å²) in [6.07, 6.45) is 0. The molecule has 2 aromatic rings. The van der Waals surface area contributed by atoms with Gasteiger partial charge in [0.25, 0.3) is 5.91 Å². The maximum absolute atomic E-state index is 11.9. The first-order chi connectivity index (χ1) is 8.47. The van der Waals surface area contributed by atoms with Crippen LogP contribution in [-0.4, -0.2) is 21.1 Å². The summed E-state index contributed by atoms with van der Waals surface area (Å²) in [4.78, 5) is 17.5. The summed E-state index contributed by atoms with van der Waals surface area (Å²) < 4.78 is 0. The Labute approximate surface area is 108 Å². The van der Waals surface area contributed by atoms with Crippen LogP contribution in [0.3, 0.4) is 0 Å². The van der Waals surface area contributed by atoms with Crippen molar-refractivity contribution in [2.24, 2.45) is 0 Å². The second-order valence-electron chi connectivity index (χ2n) is 3.88. The number of carbonyl (C=O) groups is 1. The Morgan fingerprint density at radius 1 is 1.28 bits per heavy atom. The number of rotatable bonds is 2. The minimum Gasteiger partial charge on any atom is -0.398 e. The van der Waals surface area contributed by atoms with E-state index in [0.717, 1.165) is 16.3 Å². The zero-order valence-electron chi connectivity index (χ0n) is 10.3. The molecule has 2 aromatic heterocycles. The fourth-order valence-electron chi connectivity index (χ4n) is 1.28. The zero-order valence-corrected chi connectivity index (χ0v) is 11.1. The third kappa shape index (κ3) is 2.45. The average Bonchev–Trinajstić information content (AvgIpc) is 2.65. The predicted molar refractivity (Wildman–Crippen MR) is 70.7 cm³/mol. The van der Waals surface area contributed by atoms with Crippen LogP contribution < -0.4 is 11.1 Å². The first-order valence-corrected chi connectivity index (χ1v) is 6.14. The van der Waals surface area contributed by atoms with Crippen LogP contribution in [0.4, 0.5) is 11.6 Å². The van der Waals surface area contributed by atoms with Crippen molar-refractivity contribution < 1.29 is 4.79 Å². The van der Waals surface area contributed by atoms with Gasteiger partial charge in [-0.25, -0.2) is 4.98 Å². The van der Waals surface area contributed by atoms with Crippen LogP contribution in [0.15, 0.2) is 6.07 Å². The van der Waals surface area contributed by atoms with Gasteiger partial charge in [0.2, 0.25) is 5.95 Å². The number of nitrogens with one attached hydrogen (secondary N) is 1. The molecular formula is C11H13N5OS. The monoisotopic (exact) mass is 263 g/mol. The van der Waals surface area contributed by atoms with Gasteiger partial charge in [0.15, 0.2) is 0 Å². The van der Waals surface area contributed by atoms with E-state index in [1.807, 2.05) is 20.8 Å². The van der Waals surface area contributed by atoms with Crippen LogP contribution in [0.2, 0.25) is 0 Å². The van der Waals surface area contributed by atoms with Crippen LogP contribution >= 0.6 is 11.3 Å². The number of aromatic nitrogens is 3. The molecule has 18 heavy (non-hydrogen) atoms. The largest absolute Gasteiger partial charge is 0.398 e. The SMILES string of the molecule is Cc1nnc(NC(=O)c2cc(N)c(C)s2)nc1C. The molecule has 0 atom stereocenters. The number of nitrogens with two attached hydrogens (primary N) is 1. The fourth-order valence-corrected chi connectivity index (χ4v) is 2.12.